The molecule has 4 rings (SSSR count). The lowest BCUT2D eigenvalue weighted by molar-refractivity contribution is 0.0344. The molecular weight excluding hydrogens is 554 g/mol. The molecule has 0 aliphatic carbocycles. The van der Waals surface area contributed by atoms with Gasteiger partial charge in [0.2, 0.25) is 0 Å². The van der Waals surface area contributed by atoms with Gasteiger partial charge in [0.25, 0.3) is 15.9 Å². The van der Waals surface area contributed by atoms with Crippen LogP contribution < -0.4 is 9.46 Å². The van der Waals surface area contributed by atoms with Gasteiger partial charge in [0.1, 0.15) is 10.3 Å². The first kappa shape index (κ1) is 29.5. The summed E-state index contributed by atoms with van der Waals surface area (Å²) in [6.07, 6.45) is -0.448. The van der Waals surface area contributed by atoms with Crippen molar-refractivity contribution < 1.29 is 33.0 Å². The Kier molecular flexibility index (Phi) is 9.14. The number of benzene rings is 2. The molecule has 2 aromatic carbocycles. The lowest BCUT2D eigenvalue weighted by atomic mass is 9.99. The van der Waals surface area contributed by atoms with Gasteiger partial charge < -0.3 is 19.8 Å². The van der Waals surface area contributed by atoms with E-state index in [4.69, 9.17) is 9.84 Å². The Bertz CT molecular complexity index is 1440. The van der Waals surface area contributed by atoms with Crippen LogP contribution in [0, 0.1) is 5.92 Å². The van der Waals surface area contributed by atoms with Crippen molar-refractivity contribution in [2.75, 3.05) is 31.5 Å². The number of anilines is 1. The van der Waals surface area contributed by atoms with Crippen molar-refractivity contribution >= 4 is 38.9 Å². The van der Waals surface area contributed by atoms with E-state index in [1.165, 1.54) is 6.07 Å². The highest BCUT2D eigenvalue weighted by molar-refractivity contribution is 7.94. The van der Waals surface area contributed by atoms with E-state index in [9.17, 15) is 23.1 Å². The van der Waals surface area contributed by atoms with E-state index < -0.39 is 28.1 Å². The summed E-state index contributed by atoms with van der Waals surface area (Å²) >= 11 is 1.08. The summed E-state index contributed by atoms with van der Waals surface area (Å²) in [5.41, 5.74) is 1.49. The Morgan fingerprint density at radius 1 is 1.20 bits per heavy atom. The number of para-hydroxylation sites is 1. The Labute approximate surface area is 237 Å². The maximum atomic E-state index is 13.6. The molecule has 3 atom stereocenters. The Morgan fingerprint density at radius 2 is 1.93 bits per heavy atom. The largest absolute Gasteiger partial charge is 0.486 e. The highest BCUT2D eigenvalue weighted by Crippen LogP contribution is 2.36. The second-order valence-electron chi connectivity index (χ2n) is 10.0. The van der Waals surface area contributed by atoms with Crippen LogP contribution in [-0.4, -0.2) is 79.2 Å². The second-order valence-corrected chi connectivity index (χ2v) is 12.9. The first-order chi connectivity index (χ1) is 19.0. The molecule has 1 aliphatic rings. The minimum atomic E-state index is -3.91. The number of aliphatic hydroxyl groups is 1. The summed E-state index contributed by atoms with van der Waals surface area (Å²) in [6.45, 7) is 4.77. The number of hydrogen-bond acceptors (Lipinski definition) is 8. The number of amides is 1. The van der Waals surface area contributed by atoms with Gasteiger partial charge in [0.05, 0.1) is 29.5 Å². The van der Waals surface area contributed by atoms with Crippen LogP contribution >= 0.6 is 11.3 Å². The molecule has 0 radical (unpaired) electrons. The lowest BCUT2D eigenvalue weighted by Crippen LogP contribution is -2.49. The van der Waals surface area contributed by atoms with Crippen molar-refractivity contribution in [1.29, 1.82) is 0 Å². The number of carbonyl (C=O) groups excluding carboxylic acids is 1. The molecule has 0 unspecified atom stereocenters. The van der Waals surface area contributed by atoms with Crippen LogP contribution in [0.4, 0.5) is 5.69 Å². The smallest absolute Gasteiger partial charge is 0.335 e. The minimum Gasteiger partial charge on any atom is -0.486 e. The molecule has 0 bridgehead atoms. The summed E-state index contributed by atoms with van der Waals surface area (Å²) in [5.74, 6) is -1.38. The number of carboxylic acid groups (broad SMARTS) is 1. The van der Waals surface area contributed by atoms with Crippen molar-refractivity contribution in [2.45, 2.75) is 36.7 Å². The van der Waals surface area contributed by atoms with Crippen LogP contribution in [0.2, 0.25) is 0 Å². The predicted octanol–water partition coefficient (Wildman–Crippen LogP) is 3.60. The number of aliphatic hydroxyl groups excluding tert-OH is 1. The number of nitrogens with zero attached hydrogens (tertiary/aromatic N) is 2. The van der Waals surface area contributed by atoms with Crippen LogP contribution in [0.15, 0.2) is 64.2 Å². The molecule has 0 fully saturated rings. The maximum absolute atomic E-state index is 13.6. The lowest BCUT2D eigenvalue weighted by Gasteiger charge is -2.38. The molecule has 40 heavy (non-hydrogen) atoms. The molecule has 1 amide bonds. The predicted molar refractivity (Wildman–Crippen MR) is 152 cm³/mol. The number of carbonyl (C=O) groups is 2. The molecule has 1 aliphatic heterocycles. The molecule has 2 heterocycles. The van der Waals surface area contributed by atoms with Crippen molar-refractivity contribution in [3.63, 3.8) is 0 Å². The molecule has 0 spiro atoms. The average Bonchev–Trinajstić information content (AvgIpc) is 3.47. The number of rotatable bonds is 10. The fourth-order valence-corrected chi connectivity index (χ4v) is 6.64. The van der Waals surface area contributed by atoms with Gasteiger partial charge in [-0.05, 0) is 55.2 Å². The summed E-state index contributed by atoms with van der Waals surface area (Å²) in [7, 11) is -2.00. The number of carboxylic acids is 1. The fourth-order valence-electron chi connectivity index (χ4n) is 4.59. The van der Waals surface area contributed by atoms with Crippen molar-refractivity contribution in [1.82, 2.24) is 9.80 Å². The van der Waals surface area contributed by atoms with E-state index in [0.717, 1.165) is 16.9 Å². The third-order valence-corrected chi connectivity index (χ3v) is 9.60. The molecule has 1 aromatic heterocycles. The first-order valence-electron chi connectivity index (χ1n) is 12.8. The van der Waals surface area contributed by atoms with E-state index >= 15 is 0 Å². The molecule has 10 nitrogen and oxygen atoms in total. The van der Waals surface area contributed by atoms with E-state index in [-0.39, 0.29) is 45.2 Å². The third kappa shape index (κ3) is 6.64. The number of aromatic carboxylic acids is 1. The molecule has 3 N–H and O–H groups in total. The van der Waals surface area contributed by atoms with Gasteiger partial charge in [-0.1, -0.05) is 31.2 Å². The average molecular weight is 588 g/mol. The first-order valence-corrected chi connectivity index (χ1v) is 15.1. The molecular formula is C28H33N3O7S2. The van der Waals surface area contributed by atoms with Gasteiger partial charge >= 0.3 is 5.97 Å². The maximum Gasteiger partial charge on any atom is 0.335 e. The van der Waals surface area contributed by atoms with Gasteiger partial charge in [-0.15, -0.1) is 11.3 Å². The molecule has 3 aromatic rings. The zero-order chi connectivity index (χ0) is 29.0. The van der Waals surface area contributed by atoms with Crippen LogP contribution in [0.25, 0.3) is 0 Å². The molecule has 0 saturated carbocycles. The number of ether oxygens (including phenoxy) is 1. The number of fused-ring (bicyclic) bond motifs is 1. The summed E-state index contributed by atoms with van der Waals surface area (Å²) in [4.78, 5) is 28.4. The van der Waals surface area contributed by atoms with Gasteiger partial charge in [-0.2, -0.15) is 0 Å². The summed E-state index contributed by atoms with van der Waals surface area (Å²) in [5, 5.41) is 20.7. The van der Waals surface area contributed by atoms with Crippen LogP contribution in [-0.2, 0) is 16.6 Å². The normalized spacial score (nSPS) is 18.4. The molecule has 214 valence electrons. The van der Waals surface area contributed by atoms with Crippen LogP contribution in [0.5, 0.6) is 5.75 Å². The van der Waals surface area contributed by atoms with Gasteiger partial charge in [0.15, 0.2) is 5.75 Å². The van der Waals surface area contributed by atoms with Gasteiger partial charge in [-0.3, -0.25) is 14.4 Å². The standard InChI is InChI=1S/C28H33N3O7S2/c1-18-14-31(19(2)17-32)27(33)22-6-4-7-23(29-40(36,37)25-8-5-13-39-25)26(22)38-24(18)16-30(3)15-20-9-11-21(12-10-20)28(34)35/h4-13,18-19,24,29,32H,14-17H2,1-3H3,(H,34,35)/t18-,19+,24-/m1/s1. The number of hydrogen-bond donors (Lipinski definition) is 3. The minimum absolute atomic E-state index is 0.136. The number of thiophene rings is 1. The molecule has 0 saturated heterocycles. The Balaban J connectivity index is 1.66. The van der Waals surface area contributed by atoms with Crippen molar-refractivity contribution in [3.05, 3.63) is 76.7 Å². The quantitative estimate of drug-likeness (QED) is 0.327. The SMILES string of the molecule is C[C@@H]1CN([C@@H](C)CO)C(=O)c2cccc(NS(=O)(=O)c3cccs3)c2O[C@@H]1CN(C)Cc1ccc(C(=O)O)cc1. The van der Waals surface area contributed by atoms with Crippen molar-refractivity contribution in [3.8, 4) is 5.75 Å². The van der Waals surface area contributed by atoms with E-state index in [1.807, 2.05) is 18.9 Å². The second kappa shape index (κ2) is 12.4. The van der Waals surface area contributed by atoms with Crippen LogP contribution in [0.3, 0.4) is 0 Å². The number of sulfonamides is 1. The summed E-state index contributed by atoms with van der Waals surface area (Å²) in [6, 6.07) is 14.1. The number of nitrogens with one attached hydrogen (secondary N) is 1. The number of likely N-dealkylation sites (N-methyl/N-ethyl adjacent to an activating group) is 1. The fraction of sp³-hybridized carbons (Fsp3) is 0.357. The summed E-state index contributed by atoms with van der Waals surface area (Å²) < 4.78 is 35.3. The Hall–Kier alpha value is -3.45. The van der Waals surface area contributed by atoms with Gasteiger partial charge in [-0.25, -0.2) is 13.2 Å². The van der Waals surface area contributed by atoms with E-state index in [2.05, 4.69) is 4.72 Å². The van der Waals surface area contributed by atoms with Gasteiger partial charge in [0, 0.05) is 25.6 Å². The van der Waals surface area contributed by atoms with Crippen LogP contribution in [0.1, 0.15) is 40.1 Å². The Morgan fingerprint density at radius 3 is 2.55 bits per heavy atom. The van der Waals surface area contributed by atoms with E-state index in [1.54, 1.807) is 65.7 Å². The van der Waals surface area contributed by atoms with Crippen molar-refractivity contribution in [2.24, 2.45) is 5.92 Å². The monoisotopic (exact) mass is 587 g/mol. The van der Waals surface area contributed by atoms with E-state index in [0.29, 0.717) is 19.6 Å². The third-order valence-electron chi connectivity index (χ3n) is 6.84. The zero-order valence-corrected chi connectivity index (χ0v) is 24.1. The highest BCUT2D eigenvalue weighted by Gasteiger charge is 2.35. The zero-order valence-electron chi connectivity index (χ0n) is 22.5. The highest BCUT2D eigenvalue weighted by atomic mass is 32.2. The molecule has 12 heteroatoms. The topological polar surface area (TPSA) is 136 Å².